The van der Waals surface area contributed by atoms with Crippen molar-refractivity contribution in [2.75, 3.05) is 6.54 Å². The highest BCUT2D eigenvalue weighted by atomic mass is 35.5. The highest BCUT2D eigenvalue weighted by Crippen LogP contribution is 2.36. The van der Waals surface area contributed by atoms with E-state index in [1.54, 1.807) is 6.92 Å². The van der Waals surface area contributed by atoms with Crippen molar-refractivity contribution in [1.29, 1.82) is 0 Å². The van der Waals surface area contributed by atoms with Gasteiger partial charge in [0.25, 0.3) is 15.7 Å². The van der Waals surface area contributed by atoms with Crippen molar-refractivity contribution in [1.82, 2.24) is 10.0 Å². The van der Waals surface area contributed by atoms with Gasteiger partial charge in [0.05, 0.1) is 11.0 Å². The summed E-state index contributed by atoms with van der Waals surface area (Å²) < 4.78 is 25.5. The molecule has 0 aliphatic heterocycles. The number of hydrogen-bond donors (Lipinski definition) is 2. The van der Waals surface area contributed by atoms with E-state index in [0.29, 0.717) is 17.9 Å². The lowest BCUT2D eigenvalue weighted by atomic mass is 10.3. The standard InChI is InChI=1S/C9H12ClN3O5S2/c1-3-11-9(14)5(2)12-20(17,18)7-4-6(13(15)16)8(10)19-7/h4-5,12H,3H2,1-2H3,(H,11,14). The van der Waals surface area contributed by atoms with E-state index in [1.165, 1.54) is 6.92 Å². The fourth-order valence-corrected chi connectivity index (χ4v) is 4.15. The number of sulfonamides is 1. The zero-order valence-corrected chi connectivity index (χ0v) is 12.9. The second kappa shape index (κ2) is 6.48. The van der Waals surface area contributed by atoms with Crippen molar-refractivity contribution < 1.29 is 18.1 Å². The van der Waals surface area contributed by atoms with Crippen LogP contribution in [0.5, 0.6) is 0 Å². The first-order chi connectivity index (χ1) is 9.19. The Morgan fingerprint density at radius 2 is 2.20 bits per heavy atom. The summed E-state index contributed by atoms with van der Waals surface area (Å²) in [6, 6.07) is -0.139. The monoisotopic (exact) mass is 341 g/mol. The molecule has 1 aromatic rings. The van der Waals surface area contributed by atoms with Gasteiger partial charge in [0.1, 0.15) is 4.21 Å². The Morgan fingerprint density at radius 1 is 1.60 bits per heavy atom. The van der Waals surface area contributed by atoms with Crippen molar-refractivity contribution in [2.45, 2.75) is 24.1 Å². The van der Waals surface area contributed by atoms with Gasteiger partial charge in [-0.25, -0.2) is 8.42 Å². The number of likely N-dealkylation sites (N-methyl/N-ethyl adjacent to an activating group) is 1. The Labute approximate surface area is 124 Å². The van der Waals surface area contributed by atoms with Gasteiger partial charge in [0.15, 0.2) is 4.34 Å². The summed E-state index contributed by atoms with van der Waals surface area (Å²) in [5, 5.41) is 13.1. The van der Waals surface area contributed by atoms with E-state index >= 15 is 0 Å². The van der Waals surface area contributed by atoms with Crippen LogP contribution >= 0.6 is 22.9 Å². The molecule has 0 fully saturated rings. The molecule has 0 bridgehead atoms. The van der Waals surface area contributed by atoms with Crippen LogP contribution in [0.1, 0.15) is 13.8 Å². The lowest BCUT2D eigenvalue weighted by molar-refractivity contribution is -0.384. The van der Waals surface area contributed by atoms with Gasteiger partial charge in [-0.15, -0.1) is 11.3 Å². The molecule has 0 radical (unpaired) electrons. The maximum atomic E-state index is 12.0. The van der Waals surface area contributed by atoms with Crippen LogP contribution in [0.25, 0.3) is 0 Å². The number of amides is 1. The predicted molar refractivity (Wildman–Crippen MR) is 74.5 cm³/mol. The maximum Gasteiger partial charge on any atom is 0.300 e. The molecule has 20 heavy (non-hydrogen) atoms. The highest BCUT2D eigenvalue weighted by Gasteiger charge is 2.28. The third-order valence-electron chi connectivity index (χ3n) is 2.18. The molecule has 0 saturated carbocycles. The summed E-state index contributed by atoms with van der Waals surface area (Å²) in [5.74, 6) is -0.492. The van der Waals surface area contributed by atoms with Crippen molar-refractivity contribution in [2.24, 2.45) is 0 Å². The smallest absolute Gasteiger partial charge is 0.300 e. The molecule has 11 heteroatoms. The van der Waals surface area contributed by atoms with E-state index in [2.05, 4.69) is 10.0 Å². The van der Waals surface area contributed by atoms with Crippen molar-refractivity contribution in [3.8, 4) is 0 Å². The highest BCUT2D eigenvalue weighted by molar-refractivity contribution is 7.91. The molecule has 0 spiro atoms. The zero-order chi connectivity index (χ0) is 15.5. The number of nitrogens with zero attached hydrogens (tertiary/aromatic N) is 1. The normalized spacial score (nSPS) is 12.9. The molecule has 1 unspecified atom stereocenters. The van der Waals surface area contributed by atoms with Crippen LogP contribution in [0.3, 0.4) is 0 Å². The van der Waals surface area contributed by atoms with E-state index in [-0.39, 0.29) is 8.55 Å². The molecule has 1 aromatic heterocycles. The molecule has 8 nitrogen and oxygen atoms in total. The Morgan fingerprint density at radius 3 is 2.65 bits per heavy atom. The maximum absolute atomic E-state index is 12.0. The topological polar surface area (TPSA) is 118 Å². The van der Waals surface area contributed by atoms with Crippen molar-refractivity contribution in [3.63, 3.8) is 0 Å². The fraction of sp³-hybridized carbons (Fsp3) is 0.444. The predicted octanol–water partition coefficient (Wildman–Crippen LogP) is 1.11. The van der Waals surface area contributed by atoms with Crippen molar-refractivity contribution in [3.05, 3.63) is 20.5 Å². The van der Waals surface area contributed by atoms with Crippen LogP contribution in [0.15, 0.2) is 10.3 Å². The Bertz CT molecular complexity index is 628. The minimum Gasteiger partial charge on any atom is -0.355 e. The first-order valence-corrected chi connectivity index (χ1v) is 8.10. The van der Waals surface area contributed by atoms with Gasteiger partial charge < -0.3 is 5.32 Å². The van der Waals surface area contributed by atoms with Crippen LogP contribution in [-0.4, -0.2) is 31.8 Å². The molecule has 0 aromatic carbocycles. The summed E-state index contributed by atoms with van der Waals surface area (Å²) in [7, 11) is -4.04. The van der Waals surface area contributed by atoms with Gasteiger partial charge in [0.2, 0.25) is 5.91 Å². The summed E-state index contributed by atoms with van der Waals surface area (Å²) in [4.78, 5) is 21.3. The second-order valence-electron chi connectivity index (χ2n) is 3.72. The molecule has 1 amide bonds. The molecular weight excluding hydrogens is 330 g/mol. The SMILES string of the molecule is CCNC(=O)C(C)NS(=O)(=O)c1cc([N+](=O)[O-])c(Cl)s1. The van der Waals surface area contributed by atoms with Crippen LogP contribution in [0.4, 0.5) is 5.69 Å². The van der Waals surface area contributed by atoms with Gasteiger partial charge in [-0.2, -0.15) is 4.72 Å². The third kappa shape index (κ3) is 3.88. The number of carbonyl (C=O) groups excluding carboxylic acids is 1. The number of thiophene rings is 1. The van der Waals surface area contributed by atoms with Crippen LogP contribution < -0.4 is 10.0 Å². The summed E-state index contributed by atoms with van der Waals surface area (Å²) in [6.45, 7) is 3.43. The van der Waals surface area contributed by atoms with E-state index in [4.69, 9.17) is 11.6 Å². The number of carbonyl (C=O) groups is 1. The fourth-order valence-electron chi connectivity index (χ4n) is 1.27. The van der Waals surface area contributed by atoms with Crippen LogP contribution in [0.2, 0.25) is 4.34 Å². The molecular formula is C9H12ClN3O5S2. The Kier molecular flexibility index (Phi) is 5.45. The third-order valence-corrected chi connectivity index (χ3v) is 5.54. The van der Waals surface area contributed by atoms with E-state index in [9.17, 15) is 23.3 Å². The molecule has 1 rings (SSSR count). The molecule has 0 saturated heterocycles. The second-order valence-corrected chi connectivity index (χ2v) is 7.31. The zero-order valence-electron chi connectivity index (χ0n) is 10.5. The summed E-state index contributed by atoms with van der Waals surface area (Å²) >= 11 is 6.16. The van der Waals surface area contributed by atoms with Gasteiger partial charge in [-0.3, -0.25) is 14.9 Å². The molecule has 2 N–H and O–H groups in total. The van der Waals surface area contributed by atoms with Gasteiger partial charge >= 0.3 is 0 Å². The molecule has 0 aliphatic carbocycles. The number of nitrogens with one attached hydrogen (secondary N) is 2. The number of halogens is 1. The van der Waals surface area contributed by atoms with E-state index < -0.39 is 32.6 Å². The average molecular weight is 342 g/mol. The number of nitro groups is 1. The van der Waals surface area contributed by atoms with E-state index in [0.717, 1.165) is 6.07 Å². The number of hydrogen-bond acceptors (Lipinski definition) is 6. The van der Waals surface area contributed by atoms with Crippen LogP contribution in [0, 0.1) is 10.1 Å². The minimum absolute atomic E-state index is 0.235. The van der Waals surface area contributed by atoms with Gasteiger partial charge in [-0.05, 0) is 13.8 Å². The van der Waals surface area contributed by atoms with E-state index in [1.807, 2.05) is 0 Å². The minimum atomic E-state index is -4.04. The first kappa shape index (κ1) is 16.8. The molecule has 112 valence electrons. The largest absolute Gasteiger partial charge is 0.355 e. The molecule has 0 aliphatic rings. The average Bonchev–Trinajstić information content (AvgIpc) is 2.72. The first-order valence-electron chi connectivity index (χ1n) is 5.42. The number of rotatable bonds is 6. The Balaban J connectivity index is 2.97. The summed E-state index contributed by atoms with van der Waals surface area (Å²) in [6.07, 6.45) is 0. The lowest BCUT2D eigenvalue weighted by Gasteiger charge is -2.12. The Hall–Kier alpha value is -1.23. The molecule has 1 heterocycles. The van der Waals surface area contributed by atoms with Gasteiger partial charge in [-0.1, -0.05) is 11.6 Å². The molecule has 1 atom stereocenters. The van der Waals surface area contributed by atoms with Crippen LogP contribution in [-0.2, 0) is 14.8 Å². The summed E-state index contributed by atoms with van der Waals surface area (Å²) in [5.41, 5.74) is -0.484. The van der Waals surface area contributed by atoms with Crippen molar-refractivity contribution >= 4 is 44.6 Å². The van der Waals surface area contributed by atoms with Gasteiger partial charge in [0, 0.05) is 12.6 Å². The quantitative estimate of drug-likeness (QED) is 0.593. The lowest BCUT2D eigenvalue weighted by Crippen LogP contribution is -2.44.